The van der Waals surface area contributed by atoms with Gasteiger partial charge in [0.2, 0.25) is 0 Å². The van der Waals surface area contributed by atoms with Gasteiger partial charge in [-0.2, -0.15) is 0 Å². The second kappa shape index (κ2) is 3.98. The molecule has 0 amide bonds. The third-order valence-corrected chi connectivity index (χ3v) is 4.06. The van der Waals surface area contributed by atoms with E-state index in [0.717, 1.165) is 24.6 Å². The van der Waals surface area contributed by atoms with Gasteiger partial charge in [0.1, 0.15) is 0 Å². The Morgan fingerprint density at radius 1 is 1.26 bits per heavy atom. The van der Waals surface area contributed by atoms with Gasteiger partial charge >= 0.3 is 0 Å². The molecule has 2 aromatic rings. The maximum Gasteiger partial charge on any atom is 0.150 e. The highest BCUT2D eigenvalue weighted by Crippen LogP contribution is 2.35. The number of aryl methyl sites for hydroxylation is 1. The fraction of sp³-hybridized carbons (Fsp3) is 0.312. The SMILES string of the molecule is Cc1cccc(-c2ccc3c(n2)N[C@H]2CCN3C2)c1. The first kappa shape index (κ1) is 10.9. The largest absolute Gasteiger partial charge is 0.366 e. The third-order valence-electron chi connectivity index (χ3n) is 4.06. The van der Waals surface area contributed by atoms with Crippen LogP contribution >= 0.6 is 0 Å². The fourth-order valence-corrected chi connectivity index (χ4v) is 3.07. The zero-order valence-corrected chi connectivity index (χ0v) is 11.1. The number of rotatable bonds is 1. The van der Waals surface area contributed by atoms with Gasteiger partial charge in [0.15, 0.2) is 5.82 Å². The Morgan fingerprint density at radius 3 is 3.11 bits per heavy atom. The van der Waals surface area contributed by atoms with Crippen molar-refractivity contribution in [3.8, 4) is 11.3 Å². The molecule has 1 aromatic heterocycles. The molecule has 3 heteroatoms. The molecular weight excluding hydrogens is 234 g/mol. The van der Waals surface area contributed by atoms with Crippen LogP contribution in [0.2, 0.25) is 0 Å². The Morgan fingerprint density at radius 2 is 2.21 bits per heavy atom. The average Bonchev–Trinajstić information content (AvgIpc) is 2.81. The van der Waals surface area contributed by atoms with Crippen molar-refractivity contribution in [3.05, 3.63) is 42.0 Å². The first-order valence-corrected chi connectivity index (χ1v) is 6.89. The normalized spacial score (nSPS) is 20.1. The number of anilines is 2. The van der Waals surface area contributed by atoms with Crippen molar-refractivity contribution in [2.75, 3.05) is 23.3 Å². The summed E-state index contributed by atoms with van der Waals surface area (Å²) in [6, 6.07) is 13.4. The van der Waals surface area contributed by atoms with Crippen molar-refractivity contribution in [2.45, 2.75) is 19.4 Å². The molecule has 2 aliphatic heterocycles. The number of nitrogens with one attached hydrogen (secondary N) is 1. The summed E-state index contributed by atoms with van der Waals surface area (Å²) in [6.07, 6.45) is 1.22. The summed E-state index contributed by atoms with van der Waals surface area (Å²) in [5, 5.41) is 3.56. The summed E-state index contributed by atoms with van der Waals surface area (Å²) >= 11 is 0. The van der Waals surface area contributed by atoms with Gasteiger partial charge in [-0.15, -0.1) is 0 Å². The summed E-state index contributed by atoms with van der Waals surface area (Å²) in [5.74, 6) is 1.05. The molecule has 0 unspecified atom stereocenters. The summed E-state index contributed by atoms with van der Waals surface area (Å²) in [6.45, 7) is 4.39. The van der Waals surface area contributed by atoms with Crippen molar-refractivity contribution in [2.24, 2.45) is 0 Å². The van der Waals surface area contributed by atoms with Crippen molar-refractivity contribution < 1.29 is 0 Å². The minimum atomic E-state index is 0.577. The fourth-order valence-electron chi connectivity index (χ4n) is 3.07. The molecule has 19 heavy (non-hydrogen) atoms. The Hall–Kier alpha value is -2.03. The molecule has 1 N–H and O–H groups in total. The first-order valence-electron chi connectivity index (χ1n) is 6.89. The molecule has 2 bridgehead atoms. The lowest BCUT2D eigenvalue weighted by Gasteiger charge is -2.28. The molecule has 0 spiro atoms. The summed E-state index contributed by atoms with van der Waals surface area (Å²) in [5.41, 5.74) is 4.77. The van der Waals surface area contributed by atoms with Crippen molar-refractivity contribution in [1.29, 1.82) is 0 Å². The highest BCUT2D eigenvalue weighted by molar-refractivity contribution is 5.74. The molecule has 3 nitrogen and oxygen atoms in total. The average molecular weight is 251 g/mol. The standard InChI is InChI=1S/C16H17N3/c1-11-3-2-4-12(9-11)14-5-6-15-16(18-14)17-13-7-8-19(15)10-13/h2-6,9,13H,7-8,10H2,1H3,(H,17,18)/t13-/m0/s1. The molecule has 2 aliphatic rings. The zero-order chi connectivity index (χ0) is 12.8. The number of fused-ring (bicyclic) bond motifs is 4. The predicted molar refractivity (Wildman–Crippen MR) is 78.7 cm³/mol. The Balaban J connectivity index is 1.78. The number of hydrogen-bond acceptors (Lipinski definition) is 3. The van der Waals surface area contributed by atoms with E-state index >= 15 is 0 Å². The summed E-state index contributed by atoms with van der Waals surface area (Å²) in [7, 11) is 0. The quantitative estimate of drug-likeness (QED) is 0.844. The lowest BCUT2D eigenvalue weighted by molar-refractivity contribution is 0.788. The lowest BCUT2D eigenvalue weighted by atomic mass is 10.1. The second-order valence-corrected chi connectivity index (χ2v) is 5.51. The Labute approximate surface area is 113 Å². The molecule has 0 aliphatic carbocycles. The van der Waals surface area contributed by atoms with Gasteiger partial charge in [-0.3, -0.25) is 0 Å². The maximum absolute atomic E-state index is 4.81. The van der Waals surface area contributed by atoms with Crippen LogP contribution < -0.4 is 10.2 Å². The lowest BCUT2D eigenvalue weighted by Crippen LogP contribution is -2.32. The number of benzene rings is 1. The van der Waals surface area contributed by atoms with E-state index in [-0.39, 0.29) is 0 Å². The topological polar surface area (TPSA) is 28.2 Å². The molecule has 1 saturated heterocycles. The molecule has 1 fully saturated rings. The van der Waals surface area contributed by atoms with E-state index < -0.39 is 0 Å². The van der Waals surface area contributed by atoms with Gasteiger partial charge in [0.25, 0.3) is 0 Å². The van der Waals surface area contributed by atoms with Crippen LogP contribution in [0.5, 0.6) is 0 Å². The monoisotopic (exact) mass is 251 g/mol. The number of hydrogen-bond donors (Lipinski definition) is 1. The van der Waals surface area contributed by atoms with Crippen LogP contribution in [0.25, 0.3) is 11.3 Å². The van der Waals surface area contributed by atoms with Crippen LogP contribution in [0.3, 0.4) is 0 Å². The van der Waals surface area contributed by atoms with E-state index in [2.05, 4.69) is 53.5 Å². The third kappa shape index (κ3) is 1.77. The number of nitrogens with zero attached hydrogens (tertiary/aromatic N) is 2. The molecule has 1 atom stereocenters. The van der Waals surface area contributed by atoms with E-state index in [4.69, 9.17) is 4.98 Å². The van der Waals surface area contributed by atoms with E-state index in [1.165, 1.54) is 23.2 Å². The van der Waals surface area contributed by atoms with Crippen LogP contribution in [0, 0.1) is 6.92 Å². The summed E-state index contributed by atoms with van der Waals surface area (Å²) in [4.78, 5) is 7.25. The molecule has 4 rings (SSSR count). The molecule has 1 aromatic carbocycles. The zero-order valence-electron chi connectivity index (χ0n) is 11.1. The molecular formula is C16H17N3. The molecule has 3 heterocycles. The number of aromatic nitrogens is 1. The molecule has 0 radical (unpaired) electrons. The second-order valence-electron chi connectivity index (χ2n) is 5.51. The Bertz CT molecular complexity index is 636. The van der Waals surface area contributed by atoms with E-state index in [9.17, 15) is 0 Å². The number of pyridine rings is 1. The van der Waals surface area contributed by atoms with E-state index in [0.29, 0.717) is 6.04 Å². The minimum Gasteiger partial charge on any atom is -0.366 e. The summed E-state index contributed by atoms with van der Waals surface area (Å²) < 4.78 is 0. The van der Waals surface area contributed by atoms with Crippen LogP contribution in [0.15, 0.2) is 36.4 Å². The van der Waals surface area contributed by atoms with Crippen LogP contribution in [0.4, 0.5) is 11.5 Å². The minimum absolute atomic E-state index is 0.577. The first-order chi connectivity index (χ1) is 9.29. The van der Waals surface area contributed by atoms with Gasteiger partial charge in [0, 0.05) is 24.7 Å². The highest BCUT2D eigenvalue weighted by Gasteiger charge is 2.30. The predicted octanol–water partition coefficient (Wildman–Crippen LogP) is 3.06. The van der Waals surface area contributed by atoms with Gasteiger partial charge < -0.3 is 10.2 Å². The molecule has 0 saturated carbocycles. The van der Waals surface area contributed by atoms with E-state index in [1.54, 1.807) is 0 Å². The smallest absolute Gasteiger partial charge is 0.150 e. The maximum atomic E-state index is 4.81. The highest BCUT2D eigenvalue weighted by atomic mass is 15.3. The van der Waals surface area contributed by atoms with Crippen molar-refractivity contribution in [3.63, 3.8) is 0 Å². The Kier molecular flexibility index (Phi) is 2.28. The van der Waals surface area contributed by atoms with Gasteiger partial charge in [-0.25, -0.2) is 4.98 Å². The van der Waals surface area contributed by atoms with Crippen molar-refractivity contribution >= 4 is 11.5 Å². The van der Waals surface area contributed by atoms with Gasteiger partial charge in [0.05, 0.1) is 11.4 Å². The van der Waals surface area contributed by atoms with Crippen LogP contribution in [0.1, 0.15) is 12.0 Å². The molecule has 96 valence electrons. The van der Waals surface area contributed by atoms with Gasteiger partial charge in [-0.1, -0.05) is 23.8 Å². The van der Waals surface area contributed by atoms with Crippen LogP contribution in [-0.2, 0) is 0 Å². The van der Waals surface area contributed by atoms with Gasteiger partial charge in [-0.05, 0) is 31.5 Å². The van der Waals surface area contributed by atoms with Crippen LogP contribution in [-0.4, -0.2) is 24.1 Å². The van der Waals surface area contributed by atoms with Crippen molar-refractivity contribution in [1.82, 2.24) is 4.98 Å². The van der Waals surface area contributed by atoms with E-state index in [1.807, 2.05) is 0 Å².